The zero-order chi connectivity index (χ0) is 26.8. The molecule has 0 aliphatic rings. The number of aromatic nitrogens is 1. The van der Waals surface area contributed by atoms with Gasteiger partial charge in [-0.25, -0.2) is 0 Å². The monoisotopic (exact) mass is 537 g/mol. The molecule has 0 atom stereocenters. The first-order chi connectivity index (χ1) is 17.2. The Bertz CT molecular complexity index is 1610. The highest BCUT2D eigenvalue weighted by atomic mass is 32.1. The van der Waals surface area contributed by atoms with Crippen molar-refractivity contribution in [2.24, 2.45) is 0 Å². The molecule has 5 aromatic rings. The molecule has 0 spiro atoms. The normalized spacial score (nSPS) is 13.0. The van der Waals surface area contributed by atoms with E-state index in [-0.39, 0.29) is 5.41 Å². The van der Waals surface area contributed by atoms with Gasteiger partial charge in [0.1, 0.15) is 0 Å². The van der Waals surface area contributed by atoms with Gasteiger partial charge >= 0.3 is 0 Å². The average Bonchev–Trinajstić information content (AvgIpc) is 3.23. The molecule has 0 unspecified atom stereocenters. The minimum Gasteiger partial charge on any atom is -0.255 e. The molecular formula is C33H39NSSi2. The van der Waals surface area contributed by atoms with Gasteiger partial charge in [-0.05, 0) is 56.1 Å². The molecule has 0 fully saturated rings. The molecule has 0 radical (unpaired) electrons. The Kier molecular flexibility index (Phi) is 6.37. The van der Waals surface area contributed by atoms with E-state index in [4.69, 9.17) is 4.98 Å². The Hall–Kier alpha value is -2.54. The quantitative estimate of drug-likeness (QED) is 0.208. The Morgan fingerprint density at radius 3 is 2.00 bits per heavy atom. The van der Waals surface area contributed by atoms with Gasteiger partial charge in [0.2, 0.25) is 0 Å². The van der Waals surface area contributed by atoms with E-state index in [0.29, 0.717) is 0 Å². The summed E-state index contributed by atoms with van der Waals surface area (Å²) in [7, 11) is -2.97. The van der Waals surface area contributed by atoms with Gasteiger partial charge in [-0.2, -0.15) is 0 Å². The summed E-state index contributed by atoms with van der Waals surface area (Å²) in [5.74, 6) is 0. The third kappa shape index (κ3) is 4.87. The largest absolute Gasteiger partial charge is 0.255 e. The first-order valence-electron chi connectivity index (χ1n) is 13.3. The zero-order valence-electron chi connectivity index (χ0n) is 23.8. The van der Waals surface area contributed by atoms with Crippen LogP contribution < -0.4 is 10.4 Å². The summed E-state index contributed by atoms with van der Waals surface area (Å²) in [6.45, 7) is 21.6. The molecule has 0 saturated carbocycles. The van der Waals surface area contributed by atoms with Crippen LogP contribution in [0.1, 0.15) is 26.3 Å². The lowest BCUT2D eigenvalue weighted by Gasteiger charge is -2.23. The topological polar surface area (TPSA) is 12.9 Å². The first-order valence-corrected chi connectivity index (χ1v) is 21.1. The van der Waals surface area contributed by atoms with Crippen molar-refractivity contribution in [1.82, 2.24) is 4.98 Å². The summed E-state index contributed by atoms with van der Waals surface area (Å²) in [4.78, 5) is 6.45. The highest BCUT2D eigenvalue weighted by molar-refractivity contribution is 7.25. The second-order valence-corrected chi connectivity index (χ2v) is 24.5. The van der Waals surface area contributed by atoms with Crippen molar-refractivity contribution in [3.05, 3.63) is 78.5 Å². The van der Waals surface area contributed by atoms with E-state index in [9.17, 15) is 0 Å². The molecule has 2 heterocycles. The van der Waals surface area contributed by atoms with Crippen molar-refractivity contribution < 1.29 is 0 Å². The van der Waals surface area contributed by atoms with Crippen LogP contribution in [-0.4, -0.2) is 21.1 Å². The first kappa shape index (κ1) is 26.1. The molecule has 0 aliphatic heterocycles. The van der Waals surface area contributed by atoms with E-state index in [0.717, 1.165) is 5.69 Å². The van der Waals surface area contributed by atoms with Crippen LogP contribution in [0.3, 0.4) is 0 Å². The fourth-order valence-electron chi connectivity index (χ4n) is 5.37. The molecule has 2 aromatic heterocycles. The highest BCUT2D eigenvalue weighted by Gasteiger charge is 2.28. The lowest BCUT2D eigenvalue weighted by molar-refractivity contribution is 0.596. The van der Waals surface area contributed by atoms with E-state index in [1.54, 1.807) is 5.19 Å². The van der Waals surface area contributed by atoms with Crippen LogP contribution in [0.25, 0.3) is 42.6 Å². The standard InChI is InChI=1S/C33H39NSSi2/c1-33(2,3)28-21-24(20-23-12-10-11-13-26(23)28)29-31-27(18-19-34-29)32(37(7,8)9)30(35-31)22-14-16-25(17-15-22)36(4,5)6/h10-21H,1-9H3. The number of fused-ring (bicyclic) bond motifs is 2. The van der Waals surface area contributed by atoms with Crippen LogP contribution in [0.5, 0.6) is 0 Å². The van der Waals surface area contributed by atoms with Crippen LogP contribution >= 0.6 is 11.3 Å². The summed E-state index contributed by atoms with van der Waals surface area (Å²) < 4.78 is 1.32. The Labute approximate surface area is 228 Å². The number of hydrogen-bond donors (Lipinski definition) is 0. The third-order valence-corrected chi connectivity index (χ3v) is 12.8. The van der Waals surface area contributed by atoms with Gasteiger partial charge in [0.15, 0.2) is 0 Å². The molecule has 3 aromatic carbocycles. The minimum atomic E-state index is -1.64. The van der Waals surface area contributed by atoms with E-state index in [2.05, 4.69) is 127 Å². The van der Waals surface area contributed by atoms with Gasteiger partial charge in [0, 0.05) is 16.6 Å². The van der Waals surface area contributed by atoms with Crippen LogP contribution in [0.4, 0.5) is 0 Å². The SMILES string of the molecule is CC(C)(C)c1cc(-c2nccc3c([Si](C)(C)C)c(-c4ccc([Si](C)(C)C)cc4)sc23)cc2ccccc12. The highest BCUT2D eigenvalue weighted by Crippen LogP contribution is 2.41. The van der Waals surface area contributed by atoms with Gasteiger partial charge in [-0.1, -0.05) is 114 Å². The maximum absolute atomic E-state index is 5.02. The van der Waals surface area contributed by atoms with Gasteiger partial charge in [-0.3, -0.25) is 4.98 Å². The van der Waals surface area contributed by atoms with Crippen molar-refractivity contribution in [2.45, 2.75) is 65.5 Å². The summed E-state index contributed by atoms with van der Waals surface area (Å²) >= 11 is 1.94. The molecular weight excluding hydrogens is 499 g/mol. The van der Waals surface area contributed by atoms with Crippen molar-refractivity contribution in [3.8, 4) is 21.7 Å². The molecule has 0 saturated heterocycles. The van der Waals surface area contributed by atoms with Crippen LogP contribution in [0.2, 0.25) is 39.3 Å². The Morgan fingerprint density at radius 1 is 0.703 bits per heavy atom. The molecule has 0 N–H and O–H groups in total. The van der Waals surface area contributed by atoms with E-state index >= 15 is 0 Å². The predicted molar refractivity (Wildman–Crippen MR) is 173 cm³/mol. The van der Waals surface area contributed by atoms with Crippen molar-refractivity contribution in [1.29, 1.82) is 0 Å². The van der Waals surface area contributed by atoms with Crippen molar-refractivity contribution >= 4 is 58.7 Å². The van der Waals surface area contributed by atoms with Crippen LogP contribution in [-0.2, 0) is 5.41 Å². The Balaban J connectivity index is 1.78. The van der Waals surface area contributed by atoms with Gasteiger partial charge < -0.3 is 0 Å². The van der Waals surface area contributed by atoms with E-state index in [1.807, 2.05) is 17.5 Å². The van der Waals surface area contributed by atoms with Gasteiger partial charge in [-0.15, -0.1) is 11.3 Å². The molecule has 0 amide bonds. The molecule has 4 heteroatoms. The smallest absolute Gasteiger partial charge is 0.0880 e. The molecule has 37 heavy (non-hydrogen) atoms. The number of nitrogens with zero attached hydrogens (tertiary/aromatic N) is 1. The van der Waals surface area contributed by atoms with Crippen molar-refractivity contribution in [2.75, 3.05) is 0 Å². The second-order valence-electron chi connectivity index (χ2n) is 13.4. The van der Waals surface area contributed by atoms with Gasteiger partial charge in [0.05, 0.1) is 26.5 Å². The zero-order valence-corrected chi connectivity index (χ0v) is 26.6. The summed E-state index contributed by atoms with van der Waals surface area (Å²) in [5.41, 5.74) is 5.11. The predicted octanol–water partition coefficient (Wildman–Crippen LogP) is 9.17. The maximum atomic E-state index is 5.02. The average molecular weight is 538 g/mol. The van der Waals surface area contributed by atoms with Crippen LogP contribution in [0, 0.1) is 0 Å². The lowest BCUT2D eigenvalue weighted by Crippen LogP contribution is -2.38. The fraction of sp³-hybridized carbons (Fsp3) is 0.303. The Morgan fingerprint density at radius 2 is 1.38 bits per heavy atom. The lowest BCUT2D eigenvalue weighted by atomic mass is 9.82. The number of hydrogen-bond acceptors (Lipinski definition) is 2. The molecule has 190 valence electrons. The van der Waals surface area contributed by atoms with Gasteiger partial charge in [0.25, 0.3) is 0 Å². The number of rotatable bonds is 4. The van der Waals surface area contributed by atoms with Crippen molar-refractivity contribution in [3.63, 3.8) is 0 Å². The maximum Gasteiger partial charge on any atom is 0.0880 e. The minimum absolute atomic E-state index is 0.0473. The van der Waals surface area contributed by atoms with E-state index < -0.39 is 16.1 Å². The number of benzene rings is 3. The van der Waals surface area contributed by atoms with E-state index in [1.165, 1.54) is 47.6 Å². The molecule has 0 bridgehead atoms. The number of thiophene rings is 1. The summed E-state index contributed by atoms with van der Waals surface area (Å²) in [5, 5.41) is 7.09. The van der Waals surface area contributed by atoms with Crippen LogP contribution in [0.15, 0.2) is 72.9 Å². The third-order valence-electron chi connectivity index (χ3n) is 7.31. The summed E-state index contributed by atoms with van der Waals surface area (Å²) in [6, 6.07) is 25.2. The molecule has 5 rings (SSSR count). The molecule has 0 aliphatic carbocycles. The molecule has 1 nitrogen and oxygen atoms in total. The number of pyridine rings is 1. The second kappa shape index (κ2) is 9.04. The fourth-order valence-corrected chi connectivity index (χ4v) is 10.8. The summed E-state index contributed by atoms with van der Waals surface area (Å²) in [6.07, 6.45) is 2.03.